The average molecular weight is 347 g/mol. The van der Waals surface area contributed by atoms with Crippen LogP contribution in [0.15, 0.2) is 60.8 Å². The summed E-state index contributed by atoms with van der Waals surface area (Å²) in [5.41, 5.74) is 3.76. The minimum absolute atomic E-state index is 0.0668. The van der Waals surface area contributed by atoms with Crippen LogP contribution >= 0.6 is 0 Å². The first-order valence-corrected chi connectivity index (χ1v) is 8.43. The van der Waals surface area contributed by atoms with Gasteiger partial charge in [0, 0.05) is 53.4 Å². The lowest BCUT2D eigenvalue weighted by molar-refractivity contribution is -0.384. The van der Waals surface area contributed by atoms with Gasteiger partial charge in [0.25, 0.3) is 11.6 Å². The van der Waals surface area contributed by atoms with Crippen LogP contribution in [0.1, 0.15) is 22.3 Å². The van der Waals surface area contributed by atoms with Gasteiger partial charge < -0.3 is 9.88 Å². The first-order valence-electron chi connectivity index (χ1n) is 8.43. The van der Waals surface area contributed by atoms with Crippen molar-refractivity contribution in [3.8, 4) is 0 Å². The number of nitrogens with zero attached hydrogens (tertiary/aromatic N) is 2. The maximum absolute atomic E-state index is 12.6. The maximum atomic E-state index is 12.6. The fourth-order valence-electron chi connectivity index (χ4n) is 3.37. The van der Waals surface area contributed by atoms with Crippen LogP contribution in [-0.4, -0.2) is 33.8 Å². The quantitative estimate of drug-likeness (QED) is 0.574. The van der Waals surface area contributed by atoms with Crippen LogP contribution in [0, 0.1) is 10.1 Å². The van der Waals surface area contributed by atoms with Crippen LogP contribution in [-0.2, 0) is 0 Å². The van der Waals surface area contributed by atoms with E-state index in [1.807, 2.05) is 24.4 Å². The summed E-state index contributed by atoms with van der Waals surface area (Å²) >= 11 is 0. The molecule has 0 saturated heterocycles. The number of nitro benzene ring substituents is 1. The number of amides is 1. The normalized spacial score (nSPS) is 14.3. The molecular formula is C20H17N3O3. The Morgan fingerprint density at radius 3 is 2.77 bits per heavy atom. The van der Waals surface area contributed by atoms with E-state index in [4.69, 9.17) is 0 Å². The number of rotatable bonds is 3. The summed E-state index contributed by atoms with van der Waals surface area (Å²) in [6.07, 6.45) is 4.82. The number of H-pyrrole nitrogens is 1. The van der Waals surface area contributed by atoms with Gasteiger partial charge in [0.2, 0.25) is 0 Å². The molecule has 0 aliphatic carbocycles. The number of benzene rings is 2. The molecule has 0 fully saturated rings. The second-order valence-electron chi connectivity index (χ2n) is 6.29. The number of nitro groups is 1. The molecule has 1 N–H and O–H groups in total. The topological polar surface area (TPSA) is 79.2 Å². The molecule has 130 valence electrons. The minimum atomic E-state index is -0.484. The van der Waals surface area contributed by atoms with E-state index in [-0.39, 0.29) is 11.6 Å². The van der Waals surface area contributed by atoms with Crippen LogP contribution in [0.5, 0.6) is 0 Å². The fraction of sp³-hybridized carbons (Fsp3) is 0.150. The molecule has 2 heterocycles. The highest BCUT2D eigenvalue weighted by Crippen LogP contribution is 2.29. The van der Waals surface area contributed by atoms with E-state index in [1.54, 1.807) is 17.0 Å². The van der Waals surface area contributed by atoms with Gasteiger partial charge >= 0.3 is 0 Å². The minimum Gasteiger partial charge on any atom is -0.361 e. The number of carbonyl (C=O) groups is 1. The predicted molar refractivity (Wildman–Crippen MR) is 99.9 cm³/mol. The zero-order chi connectivity index (χ0) is 18.1. The molecule has 1 aliphatic heterocycles. The van der Waals surface area contributed by atoms with Crippen molar-refractivity contribution >= 4 is 28.1 Å². The summed E-state index contributed by atoms with van der Waals surface area (Å²) in [7, 11) is 0. The van der Waals surface area contributed by atoms with E-state index in [1.165, 1.54) is 28.7 Å². The van der Waals surface area contributed by atoms with Crippen molar-refractivity contribution in [1.29, 1.82) is 0 Å². The van der Waals surface area contributed by atoms with Gasteiger partial charge in [-0.15, -0.1) is 0 Å². The fourth-order valence-corrected chi connectivity index (χ4v) is 3.37. The molecule has 6 heteroatoms. The highest BCUT2D eigenvalue weighted by Gasteiger charge is 2.21. The van der Waals surface area contributed by atoms with Crippen molar-refractivity contribution in [3.05, 3.63) is 82.0 Å². The molecular weight excluding hydrogens is 330 g/mol. The van der Waals surface area contributed by atoms with Crippen LogP contribution in [0.4, 0.5) is 5.69 Å². The van der Waals surface area contributed by atoms with Crippen molar-refractivity contribution in [2.75, 3.05) is 13.1 Å². The molecule has 1 aromatic heterocycles. The Kier molecular flexibility index (Phi) is 4.01. The highest BCUT2D eigenvalue weighted by atomic mass is 16.6. The number of aromatic nitrogens is 1. The van der Waals surface area contributed by atoms with Crippen LogP contribution in [0.25, 0.3) is 16.5 Å². The Hall–Kier alpha value is -3.41. The molecule has 1 aliphatic rings. The molecule has 0 spiro atoms. The molecule has 0 bridgehead atoms. The summed E-state index contributed by atoms with van der Waals surface area (Å²) in [5, 5.41) is 12.1. The first-order chi connectivity index (χ1) is 12.6. The average Bonchev–Trinajstić information content (AvgIpc) is 3.12. The lowest BCUT2D eigenvalue weighted by atomic mass is 9.98. The first kappa shape index (κ1) is 16.1. The smallest absolute Gasteiger partial charge is 0.270 e. The Morgan fingerprint density at radius 2 is 2.00 bits per heavy atom. The number of para-hydroxylation sites is 1. The van der Waals surface area contributed by atoms with E-state index in [0.717, 1.165) is 11.9 Å². The SMILES string of the molecule is O=C(c1cccc([N+](=O)[O-])c1)N1CC=C(c2c[nH]c3ccccc23)CC1. The predicted octanol–water partition coefficient (Wildman–Crippen LogP) is 4.01. The van der Waals surface area contributed by atoms with Gasteiger partial charge in [-0.1, -0.05) is 30.3 Å². The van der Waals surface area contributed by atoms with Crippen LogP contribution < -0.4 is 0 Å². The van der Waals surface area contributed by atoms with E-state index in [9.17, 15) is 14.9 Å². The molecule has 4 rings (SSSR count). The van der Waals surface area contributed by atoms with Crippen LogP contribution in [0.2, 0.25) is 0 Å². The molecule has 1 amide bonds. The lowest BCUT2D eigenvalue weighted by Gasteiger charge is -2.26. The Morgan fingerprint density at radius 1 is 1.15 bits per heavy atom. The number of fused-ring (bicyclic) bond motifs is 1. The van der Waals surface area contributed by atoms with E-state index in [2.05, 4.69) is 17.1 Å². The van der Waals surface area contributed by atoms with Gasteiger partial charge in [-0.25, -0.2) is 0 Å². The molecule has 3 aromatic rings. The van der Waals surface area contributed by atoms with Gasteiger partial charge in [0.05, 0.1) is 4.92 Å². The van der Waals surface area contributed by atoms with Crippen LogP contribution in [0.3, 0.4) is 0 Å². The number of nitrogens with one attached hydrogen (secondary N) is 1. The molecule has 0 saturated carbocycles. The number of non-ortho nitro benzene ring substituents is 1. The zero-order valence-corrected chi connectivity index (χ0v) is 14.0. The molecule has 0 unspecified atom stereocenters. The van der Waals surface area contributed by atoms with E-state index in [0.29, 0.717) is 18.7 Å². The second-order valence-corrected chi connectivity index (χ2v) is 6.29. The van der Waals surface area contributed by atoms with Gasteiger partial charge in [-0.3, -0.25) is 14.9 Å². The van der Waals surface area contributed by atoms with Crippen molar-refractivity contribution in [3.63, 3.8) is 0 Å². The largest absolute Gasteiger partial charge is 0.361 e. The molecule has 2 aromatic carbocycles. The number of hydrogen-bond acceptors (Lipinski definition) is 3. The van der Waals surface area contributed by atoms with E-state index < -0.39 is 4.92 Å². The van der Waals surface area contributed by atoms with Gasteiger partial charge in [-0.05, 0) is 24.1 Å². The van der Waals surface area contributed by atoms with E-state index >= 15 is 0 Å². The standard InChI is InChI=1S/C20H17N3O3/c24-20(15-4-3-5-16(12-15)23(25)26)22-10-8-14(9-11-22)18-13-21-19-7-2-1-6-17(18)19/h1-8,12-13,21H,9-11H2. The van der Waals surface area contributed by atoms with Crippen molar-refractivity contribution in [2.24, 2.45) is 0 Å². The third-order valence-corrected chi connectivity index (χ3v) is 4.74. The Balaban J connectivity index is 1.55. The molecule has 26 heavy (non-hydrogen) atoms. The Labute approximate surface area is 149 Å². The summed E-state index contributed by atoms with van der Waals surface area (Å²) in [5.74, 6) is -0.178. The summed E-state index contributed by atoms with van der Waals surface area (Å²) in [6.45, 7) is 1.09. The van der Waals surface area contributed by atoms with Crippen molar-refractivity contribution in [1.82, 2.24) is 9.88 Å². The second kappa shape index (κ2) is 6.48. The number of aromatic amines is 1. The maximum Gasteiger partial charge on any atom is 0.270 e. The van der Waals surface area contributed by atoms with Gasteiger partial charge in [0.1, 0.15) is 0 Å². The van der Waals surface area contributed by atoms with Gasteiger partial charge in [0.15, 0.2) is 0 Å². The molecule has 0 atom stereocenters. The van der Waals surface area contributed by atoms with Crippen molar-refractivity contribution in [2.45, 2.75) is 6.42 Å². The third-order valence-electron chi connectivity index (χ3n) is 4.74. The molecule has 6 nitrogen and oxygen atoms in total. The summed E-state index contributed by atoms with van der Waals surface area (Å²) in [6, 6.07) is 14.0. The lowest BCUT2D eigenvalue weighted by Crippen LogP contribution is -2.34. The summed E-state index contributed by atoms with van der Waals surface area (Å²) in [4.78, 5) is 28.1. The van der Waals surface area contributed by atoms with Crippen molar-refractivity contribution < 1.29 is 9.72 Å². The third kappa shape index (κ3) is 2.86. The Bertz CT molecular complexity index is 1040. The highest BCUT2D eigenvalue weighted by molar-refractivity contribution is 5.96. The molecule has 0 radical (unpaired) electrons. The number of carbonyl (C=O) groups excluding carboxylic acids is 1. The monoisotopic (exact) mass is 347 g/mol. The number of hydrogen-bond donors (Lipinski definition) is 1. The summed E-state index contributed by atoms with van der Waals surface area (Å²) < 4.78 is 0. The zero-order valence-electron chi connectivity index (χ0n) is 14.0. The van der Waals surface area contributed by atoms with Gasteiger partial charge in [-0.2, -0.15) is 0 Å².